The molecule has 0 spiro atoms. The standard InChI is InChI=1S/C27H32N4O3/c1-18-8-7-9-21(19(18)2)28-25(32)17-31-24-16-20(26(33)29-13-5-6-14-29)11-12-22(24)30-15-4-3-10-23(30)27(31)34/h7-9,11-12,16,23H,3-6,10,13-15,17H2,1-2H3,(H,28,32)/t23-/m1/s1. The van der Waals surface area contributed by atoms with Crippen LogP contribution < -0.4 is 15.1 Å². The smallest absolute Gasteiger partial charge is 0.253 e. The van der Waals surface area contributed by atoms with Crippen LogP contribution >= 0.6 is 0 Å². The maximum absolute atomic E-state index is 13.6. The van der Waals surface area contributed by atoms with Gasteiger partial charge in [0.15, 0.2) is 0 Å². The first-order valence-corrected chi connectivity index (χ1v) is 12.3. The number of carbonyl (C=O) groups is 3. The Bertz CT molecular complexity index is 1140. The van der Waals surface area contributed by atoms with Crippen LogP contribution in [0.3, 0.4) is 0 Å². The summed E-state index contributed by atoms with van der Waals surface area (Å²) >= 11 is 0. The van der Waals surface area contributed by atoms with E-state index >= 15 is 0 Å². The number of nitrogens with zero attached hydrogens (tertiary/aromatic N) is 3. The molecule has 0 aliphatic carbocycles. The molecule has 7 nitrogen and oxygen atoms in total. The highest BCUT2D eigenvalue weighted by Gasteiger charge is 2.40. The van der Waals surface area contributed by atoms with Gasteiger partial charge < -0.3 is 15.1 Å². The van der Waals surface area contributed by atoms with Gasteiger partial charge in [0.25, 0.3) is 5.91 Å². The lowest BCUT2D eigenvalue weighted by atomic mass is 9.95. The number of piperidine rings is 1. The van der Waals surface area contributed by atoms with Crippen molar-refractivity contribution in [1.82, 2.24) is 4.90 Å². The van der Waals surface area contributed by atoms with Gasteiger partial charge in [0, 0.05) is 30.9 Å². The number of anilines is 3. The van der Waals surface area contributed by atoms with Crippen LogP contribution in [0.15, 0.2) is 36.4 Å². The van der Waals surface area contributed by atoms with Gasteiger partial charge in [-0.3, -0.25) is 19.3 Å². The van der Waals surface area contributed by atoms with Gasteiger partial charge in [0.1, 0.15) is 12.6 Å². The van der Waals surface area contributed by atoms with Crippen LogP contribution in [0.5, 0.6) is 0 Å². The van der Waals surface area contributed by atoms with Gasteiger partial charge in [-0.05, 0) is 81.3 Å². The fourth-order valence-electron chi connectivity index (χ4n) is 5.38. The molecule has 0 aromatic heterocycles. The Labute approximate surface area is 200 Å². The van der Waals surface area contributed by atoms with Crippen LogP contribution in [-0.4, -0.2) is 54.8 Å². The Kier molecular flexibility index (Phi) is 6.02. The second-order valence-corrected chi connectivity index (χ2v) is 9.63. The summed E-state index contributed by atoms with van der Waals surface area (Å²) in [6.45, 7) is 6.25. The van der Waals surface area contributed by atoms with Crippen LogP contribution in [0.4, 0.5) is 17.1 Å². The van der Waals surface area contributed by atoms with Crippen LogP contribution in [0.1, 0.15) is 53.6 Å². The van der Waals surface area contributed by atoms with Crippen molar-refractivity contribution in [1.29, 1.82) is 0 Å². The molecule has 3 aliphatic heterocycles. The van der Waals surface area contributed by atoms with Crippen LogP contribution in [-0.2, 0) is 9.59 Å². The minimum atomic E-state index is -0.255. The number of nitrogens with one attached hydrogen (secondary N) is 1. The zero-order valence-electron chi connectivity index (χ0n) is 20.0. The van der Waals surface area contributed by atoms with Crippen LogP contribution in [0, 0.1) is 13.8 Å². The lowest BCUT2D eigenvalue weighted by Crippen LogP contribution is -2.56. The topological polar surface area (TPSA) is 73.0 Å². The van der Waals surface area contributed by atoms with Gasteiger partial charge in [-0.25, -0.2) is 0 Å². The lowest BCUT2D eigenvalue weighted by Gasteiger charge is -2.45. The van der Waals surface area contributed by atoms with Gasteiger partial charge in [0.05, 0.1) is 11.4 Å². The second kappa shape index (κ2) is 9.12. The van der Waals surface area contributed by atoms with Crippen LogP contribution in [0.2, 0.25) is 0 Å². The molecule has 5 rings (SSSR count). The van der Waals surface area contributed by atoms with Crippen molar-refractivity contribution in [2.75, 3.05) is 41.3 Å². The first kappa shape index (κ1) is 22.4. The summed E-state index contributed by atoms with van der Waals surface area (Å²) in [4.78, 5) is 45.3. The molecule has 2 aromatic carbocycles. The molecule has 2 aromatic rings. The van der Waals surface area contributed by atoms with Crippen molar-refractivity contribution in [2.45, 2.75) is 52.0 Å². The number of likely N-dealkylation sites (tertiary alicyclic amines) is 1. The first-order valence-electron chi connectivity index (χ1n) is 12.3. The monoisotopic (exact) mass is 460 g/mol. The Hall–Kier alpha value is -3.35. The average Bonchev–Trinajstić information content (AvgIpc) is 3.39. The van der Waals surface area contributed by atoms with E-state index in [4.69, 9.17) is 0 Å². The van der Waals surface area contributed by atoms with E-state index in [9.17, 15) is 14.4 Å². The molecule has 178 valence electrons. The molecular formula is C27H32N4O3. The van der Waals surface area contributed by atoms with Gasteiger partial charge in [-0.15, -0.1) is 0 Å². The Morgan fingerprint density at radius 3 is 2.53 bits per heavy atom. The number of carbonyl (C=O) groups excluding carboxylic acids is 3. The van der Waals surface area contributed by atoms with Gasteiger partial charge in [0.2, 0.25) is 11.8 Å². The maximum Gasteiger partial charge on any atom is 0.253 e. The van der Waals surface area contributed by atoms with E-state index in [0.29, 0.717) is 11.3 Å². The molecule has 2 saturated heterocycles. The summed E-state index contributed by atoms with van der Waals surface area (Å²) in [5, 5.41) is 2.98. The summed E-state index contributed by atoms with van der Waals surface area (Å²) in [6, 6.07) is 11.2. The molecule has 0 radical (unpaired) electrons. The van der Waals surface area contributed by atoms with E-state index in [1.807, 2.05) is 55.1 Å². The Morgan fingerprint density at radius 1 is 0.971 bits per heavy atom. The normalized spacial score (nSPS) is 19.6. The van der Waals surface area contributed by atoms with Crippen molar-refractivity contribution < 1.29 is 14.4 Å². The zero-order valence-corrected chi connectivity index (χ0v) is 20.0. The molecule has 0 unspecified atom stereocenters. The highest BCUT2D eigenvalue weighted by Crippen LogP contribution is 2.40. The molecule has 2 fully saturated rings. The summed E-state index contributed by atoms with van der Waals surface area (Å²) in [7, 11) is 0. The number of hydrogen-bond donors (Lipinski definition) is 1. The van der Waals surface area contributed by atoms with E-state index in [1.54, 1.807) is 4.90 Å². The number of rotatable bonds is 4. The fraction of sp³-hybridized carbons (Fsp3) is 0.444. The van der Waals surface area contributed by atoms with Gasteiger partial charge in [-0.1, -0.05) is 12.1 Å². The average molecular weight is 461 g/mol. The van der Waals surface area contributed by atoms with E-state index < -0.39 is 0 Å². The fourth-order valence-corrected chi connectivity index (χ4v) is 5.38. The van der Waals surface area contributed by atoms with Crippen molar-refractivity contribution in [3.05, 3.63) is 53.1 Å². The summed E-state index contributed by atoms with van der Waals surface area (Å²) in [6.07, 6.45) is 4.85. The molecular weight excluding hydrogens is 428 g/mol. The van der Waals surface area contributed by atoms with Gasteiger partial charge >= 0.3 is 0 Å². The molecule has 1 N–H and O–H groups in total. The molecule has 34 heavy (non-hydrogen) atoms. The number of aryl methyl sites for hydroxylation is 1. The molecule has 3 amide bonds. The van der Waals surface area contributed by atoms with Crippen molar-refractivity contribution in [3.8, 4) is 0 Å². The second-order valence-electron chi connectivity index (χ2n) is 9.63. The minimum absolute atomic E-state index is 0.00620. The number of fused-ring (bicyclic) bond motifs is 3. The molecule has 0 bridgehead atoms. The lowest BCUT2D eigenvalue weighted by molar-refractivity contribution is -0.123. The highest BCUT2D eigenvalue weighted by molar-refractivity contribution is 6.11. The number of hydrogen-bond acceptors (Lipinski definition) is 4. The predicted octanol–water partition coefficient (Wildman–Crippen LogP) is 3.88. The minimum Gasteiger partial charge on any atom is -0.358 e. The van der Waals surface area contributed by atoms with Crippen LogP contribution in [0.25, 0.3) is 0 Å². The first-order chi connectivity index (χ1) is 16.4. The van der Waals surface area contributed by atoms with E-state index in [0.717, 1.165) is 74.2 Å². The SMILES string of the molecule is Cc1cccc(NC(=O)CN2C(=O)[C@H]3CCCCN3c3ccc(C(=O)N4CCCC4)cc32)c1C. The zero-order chi connectivity index (χ0) is 23.8. The van der Waals surface area contributed by atoms with Crippen molar-refractivity contribution >= 4 is 34.8 Å². The largest absolute Gasteiger partial charge is 0.358 e. The third-order valence-corrected chi connectivity index (χ3v) is 7.45. The quantitative estimate of drug-likeness (QED) is 0.752. The van der Waals surface area contributed by atoms with E-state index in [-0.39, 0.29) is 30.3 Å². The molecule has 0 saturated carbocycles. The molecule has 1 atom stereocenters. The predicted molar refractivity (Wildman–Crippen MR) is 133 cm³/mol. The van der Waals surface area contributed by atoms with E-state index in [2.05, 4.69) is 10.2 Å². The summed E-state index contributed by atoms with van der Waals surface area (Å²) < 4.78 is 0. The van der Waals surface area contributed by atoms with Crippen molar-refractivity contribution in [2.24, 2.45) is 0 Å². The molecule has 3 aliphatic rings. The Morgan fingerprint density at radius 2 is 1.74 bits per heavy atom. The Balaban J connectivity index is 1.46. The number of benzene rings is 2. The summed E-state index contributed by atoms with van der Waals surface area (Å²) in [5.41, 5.74) is 5.03. The third-order valence-electron chi connectivity index (χ3n) is 7.45. The molecule has 7 heteroatoms. The highest BCUT2D eigenvalue weighted by atomic mass is 16.2. The summed E-state index contributed by atoms with van der Waals surface area (Å²) in [5.74, 6) is -0.309. The maximum atomic E-state index is 13.6. The van der Waals surface area contributed by atoms with Gasteiger partial charge in [-0.2, -0.15) is 0 Å². The third kappa shape index (κ3) is 4.04. The van der Waals surface area contributed by atoms with Crippen molar-refractivity contribution in [3.63, 3.8) is 0 Å². The number of amides is 3. The van der Waals surface area contributed by atoms with E-state index in [1.165, 1.54) is 0 Å². The molecule has 3 heterocycles.